The number of nitrogens with zero attached hydrogens (tertiary/aromatic N) is 1. The Balaban J connectivity index is 1.39. The number of ketones is 1. The van der Waals surface area contributed by atoms with Crippen LogP contribution in [0.1, 0.15) is 92.4 Å². The number of hydrogen-bond donors (Lipinski definition) is 2. The lowest BCUT2D eigenvalue weighted by Gasteiger charge is -2.58. The lowest BCUT2D eigenvalue weighted by Crippen LogP contribution is -2.51. The summed E-state index contributed by atoms with van der Waals surface area (Å²) in [5, 5.41) is 16.2. The van der Waals surface area contributed by atoms with Gasteiger partial charge in [-0.1, -0.05) is 44.8 Å². The van der Waals surface area contributed by atoms with Crippen molar-refractivity contribution in [2.75, 3.05) is 6.61 Å². The number of fused-ring (bicyclic) bond motifs is 5. The first-order chi connectivity index (χ1) is 17.0. The van der Waals surface area contributed by atoms with E-state index in [-0.39, 0.29) is 29.3 Å². The van der Waals surface area contributed by atoms with Crippen molar-refractivity contribution in [3.05, 3.63) is 11.6 Å². The molecule has 4 aliphatic carbocycles. The molecule has 0 aromatic heterocycles. The second-order valence-corrected chi connectivity index (χ2v) is 12.4. The van der Waals surface area contributed by atoms with E-state index in [9.17, 15) is 19.5 Å². The lowest BCUT2D eigenvalue weighted by molar-refractivity contribution is -0.144. The first kappa shape index (κ1) is 26.9. The summed E-state index contributed by atoms with van der Waals surface area (Å²) < 4.78 is 0. The molecule has 0 spiro atoms. The third-order valence-corrected chi connectivity index (χ3v) is 10.6. The number of carbonyl (C=O) groups is 3. The van der Waals surface area contributed by atoms with E-state index in [1.165, 1.54) is 24.8 Å². The van der Waals surface area contributed by atoms with Crippen LogP contribution in [0.15, 0.2) is 16.8 Å². The van der Waals surface area contributed by atoms with Crippen molar-refractivity contribution >= 4 is 23.4 Å². The van der Waals surface area contributed by atoms with E-state index < -0.39 is 17.9 Å². The number of Topliss-reactive ketones (excluding diaryl/α,β-unsaturated/α-hetero) is 1. The van der Waals surface area contributed by atoms with Crippen LogP contribution in [0.2, 0.25) is 0 Å². The summed E-state index contributed by atoms with van der Waals surface area (Å²) in [5.41, 5.74) is 2.66. The zero-order valence-electron chi connectivity index (χ0n) is 22.6. The number of aliphatic carboxylic acids is 1. The van der Waals surface area contributed by atoms with Gasteiger partial charge in [-0.3, -0.25) is 9.59 Å². The Kier molecular flexibility index (Phi) is 7.68. The average Bonchev–Trinajstić information content (AvgIpc) is 3.19. The molecule has 0 saturated heterocycles. The van der Waals surface area contributed by atoms with Gasteiger partial charge < -0.3 is 15.3 Å². The molecule has 4 rings (SSSR count). The lowest BCUT2D eigenvalue weighted by atomic mass is 9.46. The van der Waals surface area contributed by atoms with Gasteiger partial charge in [-0.15, -0.1) is 0 Å². The predicted molar refractivity (Wildman–Crippen MR) is 138 cm³/mol. The van der Waals surface area contributed by atoms with Crippen LogP contribution in [-0.2, 0) is 19.2 Å². The fraction of sp³-hybridized carbons (Fsp3) is 0.793. The SMILES string of the molecule is CC[C@@H](C)[C@H](NC(=O)CO/N=C1/C=C2CC[C@H]3[C@@H]4CC[C@H](C(C)=O)[C@@]4(C)CC[C@@H]3[C@@]2(C)CC1)C(=O)O. The van der Waals surface area contributed by atoms with Crippen molar-refractivity contribution in [2.45, 2.75) is 98.4 Å². The smallest absolute Gasteiger partial charge is 0.326 e. The van der Waals surface area contributed by atoms with Gasteiger partial charge in [0.2, 0.25) is 0 Å². The van der Waals surface area contributed by atoms with Crippen LogP contribution in [0, 0.1) is 40.4 Å². The molecule has 0 aromatic carbocycles. The monoisotopic (exact) mass is 500 g/mol. The minimum atomic E-state index is -1.03. The third-order valence-electron chi connectivity index (χ3n) is 10.6. The van der Waals surface area contributed by atoms with E-state index in [1.807, 2.05) is 6.92 Å². The maximum atomic E-state index is 12.4. The molecule has 200 valence electrons. The molecule has 2 N–H and O–H groups in total. The summed E-state index contributed by atoms with van der Waals surface area (Å²) in [7, 11) is 0. The van der Waals surface area contributed by atoms with Crippen molar-refractivity contribution in [3.63, 3.8) is 0 Å². The number of allylic oxidation sites excluding steroid dienone is 2. The van der Waals surface area contributed by atoms with Gasteiger partial charge in [-0.25, -0.2) is 4.79 Å². The summed E-state index contributed by atoms with van der Waals surface area (Å²) >= 11 is 0. The molecule has 0 aromatic rings. The molecule has 7 nitrogen and oxygen atoms in total. The molecular formula is C29H44N2O5. The van der Waals surface area contributed by atoms with Gasteiger partial charge >= 0.3 is 5.97 Å². The summed E-state index contributed by atoms with van der Waals surface area (Å²) in [6, 6.07) is -0.922. The van der Waals surface area contributed by atoms with Crippen molar-refractivity contribution in [3.8, 4) is 0 Å². The number of nitrogens with one attached hydrogen (secondary N) is 1. The van der Waals surface area contributed by atoms with Gasteiger partial charge in [0.05, 0.1) is 5.71 Å². The molecule has 36 heavy (non-hydrogen) atoms. The van der Waals surface area contributed by atoms with E-state index in [1.54, 1.807) is 13.8 Å². The van der Waals surface area contributed by atoms with Crippen molar-refractivity contribution in [1.82, 2.24) is 5.32 Å². The molecule has 8 atom stereocenters. The Morgan fingerprint density at radius 1 is 1.14 bits per heavy atom. The van der Waals surface area contributed by atoms with Gasteiger partial charge in [0.15, 0.2) is 6.61 Å². The first-order valence-corrected chi connectivity index (χ1v) is 13.9. The molecule has 4 aliphatic rings. The van der Waals surface area contributed by atoms with Gasteiger partial charge in [0, 0.05) is 5.92 Å². The first-order valence-electron chi connectivity index (χ1n) is 13.9. The molecule has 3 saturated carbocycles. The highest BCUT2D eigenvalue weighted by Crippen LogP contribution is 2.66. The van der Waals surface area contributed by atoms with E-state index in [0.29, 0.717) is 30.0 Å². The second-order valence-electron chi connectivity index (χ2n) is 12.4. The fourth-order valence-electron chi connectivity index (χ4n) is 8.38. The zero-order chi connectivity index (χ0) is 26.3. The average molecular weight is 501 g/mol. The number of carboxylic acid groups (broad SMARTS) is 1. The maximum absolute atomic E-state index is 12.4. The molecule has 7 heteroatoms. The Morgan fingerprint density at radius 3 is 2.56 bits per heavy atom. The molecule has 0 unspecified atom stereocenters. The van der Waals surface area contributed by atoms with E-state index >= 15 is 0 Å². The molecule has 0 bridgehead atoms. The molecular weight excluding hydrogens is 456 g/mol. The summed E-state index contributed by atoms with van der Waals surface area (Å²) in [4.78, 5) is 41.4. The van der Waals surface area contributed by atoms with Gasteiger partial charge in [-0.2, -0.15) is 0 Å². The Hall–Kier alpha value is -2.18. The zero-order valence-corrected chi connectivity index (χ0v) is 22.6. The number of amides is 1. The van der Waals surface area contributed by atoms with Crippen LogP contribution in [0.3, 0.4) is 0 Å². The Bertz CT molecular complexity index is 957. The van der Waals surface area contributed by atoms with Gasteiger partial charge in [-0.05, 0) is 98.9 Å². The third kappa shape index (κ3) is 4.74. The molecule has 0 heterocycles. The number of rotatable bonds is 8. The minimum Gasteiger partial charge on any atom is -0.480 e. The van der Waals surface area contributed by atoms with E-state index in [2.05, 4.69) is 30.4 Å². The number of carboxylic acids is 1. The molecule has 3 fully saturated rings. The van der Waals surface area contributed by atoms with E-state index in [4.69, 9.17) is 4.84 Å². The molecule has 1 amide bonds. The van der Waals surface area contributed by atoms with Crippen molar-refractivity contribution < 1.29 is 24.3 Å². The Morgan fingerprint density at radius 2 is 1.89 bits per heavy atom. The number of carbonyl (C=O) groups excluding carboxylic acids is 2. The maximum Gasteiger partial charge on any atom is 0.326 e. The highest BCUT2D eigenvalue weighted by Gasteiger charge is 2.59. The van der Waals surface area contributed by atoms with Crippen molar-refractivity contribution in [1.29, 1.82) is 0 Å². The fourth-order valence-corrected chi connectivity index (χ4v) is 8.38. The van der Waals surface area contributed by atoms with Crippen LogP contribution in [0.5, 0.6) is 0 Å². The standard InChI is InChI=1S/C29H44N2O5/c1-6-17(2)26(27(34)35)30-25(33)16-36-31-20-11-13-28(4)19(15-20)7-8-21-23-10-9-22(18(3)32)29(23,5)14-12-24(21)28/h15,17,21-24,26H,6-14,16H2,1-5H3,(H,30,33)(H,34,35)/b31-20+/t17-,21+,22-,23+,24+,26+,28+,29-/m1/s1. The topological polar surface area (TPSA) is 105 Å². The largest absolute Gasteiger partial charge is 0.480 e. The summed E-state index contributed by atoms with van der Waals surface area (Å²) in [6.45, 7) is 10.0. The van der Waals surface area contributed by atoms with Crippen LogP contribution >= 0.6 is 0 Å². The Labute approximate surface area is 215 Å². The number of oxime groups is 1. The summed E-state index contributed by atoms with van der Waals surface area (Å²) in [5.74, 6) is 0.967. The second kappa shape index (κ2) is 10.3. The minimum absolute atomic E-state index is 0.163. The van der Waals surface area contributed by atoms with Crippen LogP contribution in [-0.4, -0.2) is 41.1 Å². The highest BCUT2D eigenvalue weighted by molar-refractivity contribution is 5.96. The highest BCUT2D eigenvalue weighted by atomic mass is 16.6. The van der Waals surface area contributed by atoms with Crippen LogP contribution in [0.4, 0.5) is 0 Å². The van der Waals surface area contributed by atoms with Crippen LogP contribution < -0.4 is 5.32 Å². The molecule has 0 aliphatic heterocycles. The van der Waals surface area contributed by atoms with Gasteiger partial charge in [0.1, 0.15) is 11.8 Å². The predicted octanol–water partition coefficient (Wildman–Crippen LogP) is 5.14. The van der Waals surface area contributed by atoms with Crippen LogP contribution in [0.25, 0.3) is 0 Å². The van der Waals surface area contributed by atoms with Gasteiger partial charge in [0.25, 0.3) is 5.91 Å². The number of hydrogen-bond acceptors (Lipinski definition) is 5. The molecule has 0 radical (unpaired) electrons. The summed E-state index contributed by atoms with van der Waals surface area (Å²) in [6.07, 6.45) is 11.5. The van der Waals surface area contributed by atoms with Crippen molar-refractivity contribution in [2.24, 2.45) is 45.6 Å². The van der Waals surface area contributed by atoms with E-state index in [0.717, 1.165) is 37.8 Å². The quantitative estimate of drug-likeness (QED) is 0.449. The normalized spacial score (nSPS) is 38.1.